The van der Waals surface area contributed by atoms with Crippen LogP contribution in [0.5, 0.6) is 5.88 Å². The van der Waals surface area contributed by atoms with Gasteiger partial charge < -0.3 is 4.74 Å². The van der Waals surface area contributed by atoms with E-state index in [1.807, 2.05) is 24.3 Å². The normalized spacial score (nSPS) is 10.7. The van der Waals surface area contributed by atoms with Gasteiger partial charge in [0.15, 0.2) is 5.78 Å². The van der Waals surface area contributed by atoms with Crippen molar-refractivity contribution in [2.24, 2.45) is 0 Å². The van der Waals surface area contributed by atoms with Gasteiger partial charge in [0.1, 0.15) is 10.7 Å². The number of benzene rings is 1. The Labute approximate surface area is 119 Å². The third-order valence-electron chi connectivity index (χ3n) is 2.78. The first-order chi connectivity index (χ1) is 9.76. The predicted octanol–water partition coefficient (Wildman–Crippen LogP) is 2.52. The van der Waals surface area contributed by atoms with Gasteiger partial charge in [0.25, 0.3) is 0 Å². The standard InChI is InChI=1S/C14H11N3O2S/c1-19-13-7-6-9(16-17-13)11(18)8-14-15-10-4-2-3-5-12(10)20-14/h2-7H,8H2,1H3. The van der Waals surface area contributed by atoms with Gasteiger partial charge in [-0.2, -0.15) is 0 Å². The Morgan fingerprint density at radius 3 is 2.75 bits per heavy atom. The molecule has 20 heavy (non-hydrogen) atoms. The summed E-state index contributed by atoms with van der Waals surface area (Å²) in [6.45, 7) is 0. The third-order valence-corrected chi connectivity index (χ3v) is 3.82. The molecule has 3 rings (SSSR count). The molecule has 3 aromatic rings. The maximum atomic E-state index is 12.1. The lowest BCUT2D eigenvalue weighted by molar-refractivity contribution is 0.0987. The summed E-state index contributed by atoms with van der Waals surface area (Å²) in [7, 11) is 1.51. The highest BCUT2D eigenvalue weighted by atomic mass is 32.1. The molecule has 0 saturated heterocycles. The lowest BCUT2D eigenvalue weighted by atomic mass is 10.2. The second kappa shape index (κ2) is 5.34. The van der Waals surface area contributed by atoms with Crippen LogP contribution in [-0.2, 0) is 6.42 Å². The average Bonchev–Trinajstić information content (AvgIpc) is 2.89. The van der Waals surface area contributed by atoms with Crippen LogP contribution in [0.15, 0.2) is 36.4 Å². The average molecular weight is 285 g/mol. The number of hydrogen-bond acceptors (Lipinski definition) is 6. The second-order valence-electron chi connectivity index (χ2n) is 4.14. The van der Waals surface area contributed by atoms with Crippen molar-refractivity contribution < 1.29 is 9.53 Å². The van der Waals surface area contributed by atoms with E-state index >= 15 is 0 Å². The highest BCUT2D eigenvalue weighted by Gasteiger charge is 2.13. The van der Waals surface area contributed by atoms with Crippen LogP contribution < -0.4 is 4.74 Å². The Bertz CT molecular complexity index is 719. The number of ketones is 1. The molecule has 0 fully saturated rings. The van der Waals surface area contributed by atoms with Crippen molar-refractivity contribution in [2.75, 3.05) is 7.11 Å². The van der Waals surface area contributed by atoms with Crippen molar-refractivity contribution in [3.8, 4) is 5.88 Å². The van der Waals surface area contributed by atoms with Crippen molar-refractivity contribution in [3.05, 3.63) is 47.1 Å². The molecule has 0 bridgehead atoms. The van der Waals surface area contributed by atoms with E-state index in [0.717, 1.165) is 15.2 Å². The minimum absolute atomic E-state index is 0.0980. The van der Waals surface area contributed by atoms with E-state index < -0.39 is 0 Å². The molecule has 0 radical (unpaired) electrons. The van der Waals surface area contributed by atoms with E-state index in [0.29, 0.717) is 11.6 Å². The van der Waals surface area contributed by atoms with Gasteiger partial charge in [0, 0.05) is 6.07 Å². The number of methoxy groups -OCH3 is 1. The minimum Gasteiger partial charge on any atom is -0.480 e. The first-order valence-electron chi connectivity index (χ1n) is 6.01. The fourth-order valence-electron chi connectivity index (χ4n) is 1.80. The fraction of sp³-hybridized carbons (Fsp3) is 0.143. The van der Waals surface area contributed by atoms with Gasteiger partial charge >= 0.3 is 0 Å². The topological polar surface area (TPSA) is 65.0 Å². The minimum atomic E-state index is -0.0980. The number of thiazole rings is 1. The molecule has 100 valence electrons. The van der Waals surface area contributed by atoms with Crippen LogP contribution in [0.2, 0.25) is 0 Å². The molecule has 0 atom stereocenters. The molecule has 0 saturated carbocycles. The molecule has 0 spiro atoms. The SMILES string of the molecule is COc1ccc(C(=O)Cc2nc3ccccc3s2)nn1. The highest BCUT2D eigenvalue weighted by molar-refractivity contribution is 7.18. The Morgan fingerprint density at radius 2 is 2.05 bits per heavy atom. The van der Waals surface area contributed by atoms with Crippen molar-refractivity contribution in [1.29, 1.82) is 0 Å². The second-order valence-corrected chi connectivity index (χ2v) is 5.25. The zero-order valence-corrected chi connectivity index (χ0v) is 11.6. The summed E-state index contributed by atoms with van der Waals surface area (Å²) in [6, 6.07) is 11.1. The summed E-state index contributed by atoms with van der Waals surface area (Å²) in [4.78, 5) is 16.6. The number of rotatable bonds is 4. The number of carbonyl (C=O) groups excluding carboxylic acids is 1. The van der Waals surface area contributed by atoms with Crippen LogP contribution in [0, 0.1) is 0 Å². The molecule has 0 unspecified atom stereocenters. The van der Waals surface area contributed by atoms with Crippen molar-refractivity contribution >= 4 is 27.3 Å². The van der Waals surface area contributed by atoms with Gasteiger partial charge in [0.05, 0.1) is 23.7 Å². The van der Waals surface area contributed by atoms with Crippen molar-refractivity contribution in [2.45, 2.75) is 6.42 Å². The summed E-state index contributed by atoms with van der Waals surface area (Å²) < 4.78 is 5.99. The summed E-state index contributed by atoms with van der Waals surface area (Å²) in [5, 5.41) is 8.43. The van der Waals surface area contributed by atoms with E-state index in [9.17, 15) is 4.79 Å². The molecule has 6 heteroatoms. The molecule has 2 aromatic heterocycles. The summed E-state index contributed by atoms with van der Waals surface area (Å²) >= 11 is 1.52. The number of para-hydroxylation sites is 1. The quantitative estimate of drug-likeness (QED) is 0.689. The van der Waals surface area contributed by atoms with Crippen LogP contribution in [0.25, 0.3) is 10.2 Å². The summed E-state index contributed by atoms with van der Waals surface area (Å²) in [5.41, 5.74) is 1.24. The van der Waals surface area contributed by atoms with Gasteiger partial charge in [-0.25, -0.2) is 4.98 Å². The number of fused-ring (bicyclic) bond motifs is 1. The van der Waals surface area contributed by atoms with E-state index in [-0.39, 0.29) is 12.2 Å². The van der Waals surface area contributed by atoms with Gasteiger partial charge in [-0.05, 0) is 18.2 Å². The lowest BCUT2D eigenvalue weighted by Gasteiger charge is -1.99. The zero-order chi connectivity index (χ0) is 13.9. The molecule has 0 aliphatic carbocycles. The number of nitrogens with zero attached hydrogens (tertiary/aromatic N) is 3. The van der Waals surface area contributed by atoms with E-state index in [4.69, 9.17) is 4.74 Å². The molecule has 2 heterocycles. The van der Waals surface area contributed by atoms with Gasteiger partial charge in [0.2, 0.25) is 5.88 Å². The van der Waals surface area contributed by atoms with Crippen LogP contribution in [0.3, 0.4) is 0 Å². The molecule has 1 aromatic carbocycles. The van der Waals surface area contributed by atoms with E-state index in [2.05, 4.69) is 15.2 Å². The molecular weight excluding hydrogens is 274 g/mol. The molecule has 0 aliphatic heterocycles. The highest BCUT2D eigenvalue weighted by Crippen LogP contribution is 2.22. The van der Waals surface area contributed by atoms with Gasteiger partial charge in [-0.1, -0.05) is 12.1 Å². The Morgan fingerprint density at radius 1 is 1.20 bits per heavy atom. The number of carbonyl (C=O) groups is 1. The number of Topliss-reactive ketones (excluding diaryl/α,β-unsaturated/α-hetero) is 1. The molecular formula is C14H11N3O2S. The van der Waals surface area contributed by atoms with E-state index in [1.54, 1.807) is 12.1 Å². The van der Waals surface area contributed by atoms with Gasteiger partial charge in [-0.15, -0.1) is 21.5 Å². The first-order valence-corrected chi connectivity index (χ1v) is 6.83. The van der Waals surface area contributed by atoms with Crippen molar-refractivity contribution in [3.63, 3.8) is 0 Å². The lowest BCUT2D eigenvalue weighted by Crippen LogP contribution is -2.07. The molecule has 0 amide bonds. The number of aromatic nitrogens is 3. The summed E-state index contributed by atoms with van der Waals surface area (Å²) in [5.74, 6) is 0.292. The van der Waals surface area contributed by atoms with Crippen molar-refractivity contribution in [1.82, 2.24) is 15.2 Å². The fourth-order valence-corrected chi connectivity index (χ4v) is 2.77. The maximum absolute atomic E-state index is 12.1. The Hall–Kier alpha value is -2.34. The number of ether oxygens (including phenoxy) is 1. The number of hydrogen-bond donors (Lipinski definition) is 0. The maximum Gasteiger partial charge on any atom is 0.233 e. The van der Waals surface area contributed by atoms with Crippen LogP contribution in [-0.4, -0.2) is 28.1 Å². The van der Waals surface area contributed by atoms with Crippen LogP contribution in [0.1, 0.15) is 15.5 Å². The van der Waals surface area contributed by atoms with Crippen LogP contribution in [0.4, 0.5) is 0 Å². The van der Waals surface area contributed by atoms with Crippen LogP contribution >= 0.6 is 11.3 Å². The molecule has 0 aliphatic rings. The molecule has 0 N–H and O–H groups in total. The monoisotopic (exact) mass is 285 g/mol. The van der Waals surface area contributed by atoms with E-state index in [1.165, 1.54) is 18.4 Å². The zero-order valence-electron chi connectivity index (χ0n) is 10.7. The Kier molecular flexibility index (Phi) is 3.39. The summed E-state index contributed by atoms with van der Waals surface area (Å²) in [6.07, 6.45) is 0.236. The largest absolute Gasteiger partial charge is 0.480 e. The van der Waals surface area contributed by atoms with Gasteiger partial charge in [-0.3, -0.25) is 4.79 Å². The predicted molar refractivity (Wildman–Crippen MR) is 76.2 cm³/mol. The molecule has 5 nitrogen and oxygen atoms in total. The smallest absolute Gasteiger partial charge is 0.233 e. The first kappa shape index (κ1) is 12.7. The Balaban J connectivity index is 1.80. The third kappa shape index (κ3) is 2.50.